The Labute approximate surface area is 161 Å². The molecule has 2 amide bonds. The summed E-state index contributed by atoms with van der Waals surface area (Å²) >= 11 is 1.29. The molecule has 0 unspecified atom stereocenters. The van der Waals surface area contributed by atoms with Gasteiger partial charge in [-0.05, 0) is 30.7 Å². The molecule has 3 rings (SSSR count). The maximum Gasteiger partial charge on any atom is 0.351 e. The number of benzene rings is 2. The van der Waals surface area contributed by atoms with E-state index in [-0.39, 0.29) is 6.03 Å². The molecule has 7 heteroatoms. The molecule has 0 aliphatic carbocycles. The van der Waals surface area contributed by atoms with Crippen molar-refractivity contribution in [3.8, 4) is 5.75 Å². The molecule has 6 nitrogen and oxygen atoms in total. The van der Waals surface area contributed by atoms with Gasteiger partial charge in [-0.15, -0.1) is 11.3 Å². The van der Waals surface area contributed by atoms with Gasteiger partial charge in [0.15, 0.2) is 10.6 Å². The number of rotatable bonds is 5. The van der Waals surface area contributed by atoms with E-state index >= 15 is 0 Å². The van der Waals surface area contributed by atoms with Gasteiger partial charge in [-0.25, -0.2) is 9.59 Å². The number of methoxy groups -OCH3 is 2. The number of hydrogen-bond acceptors (Lipinski definition) is 5. The van der Waals surface area contributed by atoms with Gasteiger partial charge in [-0.1, -0.05) is 29.8 Å². The van der Waals surface area contributed by atoms with Crippen LogP contribution >= 0.6 is 11.3 Å². The van der Waals surface area contributed by atoms with Crippen molar-refractivity contribution in [3.63, 3.8) is 0 Å². The molecule has 2 aromatic carbocycles. The summed E-state index contributed by atoms with van der Waals surface area (Å²) in [6.07, 6.45) is 0. The number of anilines is 1. The summed E-state index contributed by atoms with van der Waals surface area (Å²) in [6, 6.07) is 13.1. The second kappa shape index (κ2) is 8.09. The Morgan fingerprint density at radius 2 is 1.81 bits per heavy atom. The maximum atomic E-state index is 12.2. The van der Waals surface area contributed by atoms with Gasteiger partial charge in [0.2, 0.25) is 0 Å². The van der Waals surface area contributed by atoms with Crippen molar-refractivity contribution < 1.29 is 19.1 Å². The number of thiophene rings is 1. The number of amides is 2. The SMILES string of the molecule is COC(=O)c1sc2ccc(NC(=O)NCc3ccc(C)cc3)cc2c1OC. The van der Waals surface area contributed by atoms with Crippen LogP contribution in [-0.2, 0) is 11.3 Å². The van der Waals surface area contributed by atoms with Gasteiger partial charge in [-0.2, -0.15) is 0 Å². The van der Waals surface area contributed by atoms with E-state index < -0.39 is 5.97 Å². The van der Waals surface area contributed by atoms with E-state index in [4.69, 9.17) is 9.47 Å². The van der Waals surface area contributed by atoms with Crippen molar-refractivity contribution in [1.29, 1.82) is 0 Å². The summed E-state index contributed by atoms with van der Waals surface area (Å²) < 4.78 is 11.0. The minimum absolute atomic E-state index is 0.308. The van der Waals surface area contributed by atoms with Crippen LogP contribution in [0, 0.1) is 6.92 Å². The predicted octanol–water partition coefficient (Wildman–Crippen LogP) is 4.33. The molecule has 0 atom stereocenters. The minimum atomic E-state index is -0.446. The number of aryl methyl sites for hydroxylation is 1. The summed E-state index contributed by atoms with van der Waals surface area (Å²) in [7, 11) is 2.83. The first-order valence-electron chi connectivity index (χ1n) is 8.31. The molecule has 140 valence electrons. The zero-order valence-electron chi connectivity index (χ0n) is 15.3. The summed E-state index contributed by atoms with van der Waals surface area (Å²) in [5.41, 5.74) is 2.80. The Morgan fingerprint density at radius 3 is 2.48 bits per heavy atom. The zero-order chi connectivity index (χ0) is 19.4. The number of urea groups is 1. The van der Waals surface area contributed by atoms with Crippen molar-refractivity contribution in [2.45, 2.75) is 13.5 Å². The zero-order valence-corrected chi connectivity index (χ0v) is 16.1. The number of carbonyl (C=O) groups excluding carboxylic acids is 2. The highest BCUT2D eigenvalue weighted by molar-refractivity contribution is 7.21. The van der Waals surface area contributed by atoms with E-state index in [0.717, 1.165) is 15.6 Å². The van der Waals surface area contributed by atoms with E-state index in [1.165, 1.54) is 31.1 Å². The molecule has 0 aliphatic heterocycles. The highest BCUT2D eigenvalue weighted by Crippen LogP contribution is 2.39. The van der Waals surface area contributed by atoms with Gasteiger partial charge in [0.25, 0.3) is 0 Å². The molecule has 0 bridgehead atoms. The highest BCUT2D eigenvalue weighted by Gasteiger charge is 2.20. The quantitative estimate of drug-likeness (QED) is 0.642. The lowest BCUT2D eigenvalue weighted by molar-refractivity contribution is 0.0603. The lowest BCUT2D eigenvalue weighted by atomic mass is 10.1. The molecular weight excluding hydrogens is 364 g/mol. The fraction of sp³-hybridized carbons (Fsp3) is 0.200. The third kappa shape index (κ3) is 4.20. The summed E-state index contributed by atoms with van der Waals surface area (Å²) in [4.78, 5) is 24.5. The largest absolute Gasteiger partial charge is 0.494 e. The molecule has 3 aromatic rings. The highest BCUT2D eigenvalue weighted by atomic mass is 32.1. The van der Waals surface area contributed by atoms with E-state index in [0.29, 0.717) is 22.9 Å². The number of nitrogens with one attached hydrogen (secondary N) is 2. The van der Waals surface area contributed by atoms with Crippen molar-refractivity contribution in [1.82, 2.24) is 5.32 Å². The van der Waals surface area contributed by atoms with Crippen LogP contribution < -0.4 is 15.4 Å². The van der Waals surface area contributed by atoms with Crippen LogP contribution in [0.4, 0.5) is 10.5 Å². The van der Waals surface area contributed by atoms with Crippen molar-refractivity contribution in [3.05, 3.63) is 58.5 Å². The number of ether oxygens (including phenoxy) is 2. The first-order valence-corrected chi connectivity index (χ1v) is 9.12. The van der Waals surface area contributed by atoms with Crippen LogP contribution in [0.1, 0.15) is 20.8 Å². The van der Waals surface area contributed by atoms with Crippen LogP contribution in [0.3, 0.4) is 0 Å². The molecule has 2 N–H and O–H groups in total. The van der Waals surface area contributed by atoms with Crippen LogP contribution in [-0.4, -0.2) is 26.2 Å². The number of hydrogen-bond donors (Lipinski definition) is 2. The first-order chi connectivity index (χ1) is 13.0. The average molecular weight is 384 g/mol. The minimum Gasteiger partial charge on any atom is -0.494 e. The van der Waals surface area contributed by atoms with E-state index in [9.17, 15) is 9.59 Å². The topological polar surface area (TPSA) is 76.7 Å². The normalized spacial score (nSPS) is 10.5. The number of fused-ring (bicyclic) bond motifs is 1. The van der Waals surface area contributed by atoms with Crippen molar-refractivity contribution in [2.75, 3.05) is 19.5 Å². The van der Waals surface area contributed by atoms with Gasteiger partial charge in [0, 0.05) is 22.3 Å². The number of carbonyl (C=O) groups is 2. The molecular formula is C20H20N2O4S. The van der Waals surface area contributed by atoms with E-state index in [1.807, 2.05) is 37.3 Å². The molecule has 27 heavy (non-hydrogen) atoms. The third-order valence-electron chi connectivity index (χ3n) is 4.05. The van der Waals surface area contributed by atoms with Crippen molar-refractivity contribution in [2.24, 2.45) is 0 Å². The third-order valence-corrected chi connectivity index (χ3v) is 5.18. The Balaban J connectivity index is 1.73. The molecule has 0 fully saturated rings. The van der Waals surface area contributed by atoms with E-state index in [2.05, 4.69) is 10.6 Å². The lowest BCUT2D eigenvalue weighted by Crippen LogP contribution is -2.28. The Kier molecular flexibility index (Phi) is 5.61. The fourth-order valence-corrected chi connectivity index (χ4v) is 3.72. The van der Waals surface area contributed by atoms with Gasteiger partial charge in [0.1, 0.15) is 0 Å². The molecule has 0 aliphatic rings. The molecule has 0 spiro atoms. The van der Waals surface area contributed by atoms with Crippen LogP contribution in [0.25, 0.3) is 10.1 Å². The average Bonchev–Trinajstić information content (AvgIpc) is 3.04. The summed E-state index contributed by atoms with van der Waals surface area (Å²) in [5, 5.41) is 6.37. The Bertz CT molecular complexity index is 980. The van der Waals surface area contributed by atoms with Crippen molar-refractivity contribution >= 4 is 39.1 Å². The van der Waals surface area contributed by atoms with Crippen LogP contribution in [0.5, 0.6) is 5.75 Å². The van der Waals surface area contributed by atoms with Gasteiger partial charge >= 0.3 is 12.0 Å². The van der Waals surface area contributed by atoms with Crippen LogP contribution in [0.2, 0.25) is 0 Å². The van der Waals surface area contributed by atoms with Gasteiger partial charge < -0.3 is 20.1 Å². The predicted molar refractivity (Wildman–Crippen MR) is 107 cm³/mol. The Morgan fingerprint density at radius 1 is 1.07 bits per heavy atom. The lowest BCUT2D eigenvalue weighted by Gasteiger charge is -2.08. The molecule has 0 saturated heterocycles. The molecule has 1 heterocycles. The molecule has 1 aromatic heterocycles. The monoisotopic (exact) mass is 384 g/mol. The summed E-state index contributed by atoms with van der Waals surface area (Å²) in [5.74, 6) is 0.00367. The smallest absolute Gasteiger partial charge is 0.351 e. The Hall–Kier alpha value is -3.06. The van der Waals surface area contributed by atoms with Gasteiger partial charge in [-0.3, -0.25) is 0 Å². The second-order valence-electron chi connectivity index (χ2n) is 5.96. The van der Waals surface area contributed by atoms with Crippen LogP contribution in [0.15, 0.2) is 42.5 Å². The first kappa shape index (κ1) is 18.7. The number of esters is 1. The fourth-order valence-electron chi connectivity index (χ4n) is 2.65. The van der Waals surface area contributed by atoms with Gasteiger partial charge in [0.05, 0.1) is 14.2 Å². The summed E-state index contributed by atoms with van der Waals surface area (Å²) in [6.45, 7) is 2.45. The second-order valence-corrected chi connectivity index (χ2v) is 7.01. The molecule has 0 saturated carbocycles. The standard InChI is InChI=1S/C20H20N2O4S/c1-12-4-6-13(7-5-12)11-21-20(24)22-14-8-9-16-15(10-14)17(25-2)18(27-16)19(23)26-3/h4-10H,11H2,1-3H3,(H2,21,22,24). The maximum absolute atomic E-state index is 12.2. The van der Waals surface area contributed by atoms with E-state index in [1.54, 1.807) is 12.1 Å². The molecule has 0 radical (unpaired) electrons.